The highest BCUT2D eigenvalue weighted by Gasteiger charge is 2.29. The van der Waals surface area contributed by atoms with Gasteiger partial charge >= 0.3 is 18.1 Å². The standard InChI is InChI=1S/C8H5F3INO3.C6H3ClINO2/c9-8(10,11)3-16-6-5(12)1-4(2-13-6)7(14)15;7-5-4(8)1-3(2-9-5)6(10)11/h1-2H,3H2,(H,14,15);1-2H,(H,10,11). The number of carboxylic acid groups (broad SMARTS) is 2. The van der Waals surface area contributed by atoms with Gasteiger partial charge in [-0.15, -0.1) is 0 Å². The van der Waals surface area contributed by atoms with E-state index in [0.717, 1.165) is 6.20 Å². The molecule has 146 valence electrons. The van der Waals surface area contributed by atoms with Crippen LogP contribution in [0.1, 0.15) is 20.7 Å². The number of hydrogen-bond donors (Lipinski definition) is 2. The van der Waals surface area contributed by atoms with Gasteiger partial charge in [0.25, 0.3) is 0 Å². The van der Waals surface area contributed by atoms with E-state index in [-0.39, 0.29) is 20.6 Å². The lowest BCUT2D eigenvalue weighted by atomic mass is 10.3. The van der Waals surface area contributed by atoms with Crippen LogP contribution in [0.4, 0.5) is 13.2 Å². The Morgan fingerprint density at radius 2 is 1.52 bits per heavy atom. The van der Waals surface area contributed by atoms with Crippen LogP contribution in [0.15, 0.2) is 24.5 Å². The van der Waals surface area contributed by atoms with Crippen molar-refractivity contribution in [3.8, 4) is 5.88 Å². The number of pyridine rings is 2. The Labute approximate surface area is 182 Å². The van der Waals surface area contributed by atoms with Gasteiger partial charge < -0.3 is 14.9 Å². The van der Waals surface area contributed by atoms with Gasteiger partial charge in [0.15, 0.2) is 6.61 Å². The van der Waals surface area contributed by atoms with Crippen LogP contribution in [-0.2, 0) is 0 Å². The minimum absolute atomic E-state index is 0.108. The van der Waals surface area contributed by atoms with E-state index in [1.165, 1.54) is 18.3 Å². The summed E-state index contributed by atoms with van der Waals surface area (Å²) in [7, 11) is 0. The van der Waals surface area contributed by atoms with Crippen molar-refractivity contribution in [1.82, 2.24) is 9.97 Å². The Balaban J connectivity index is 0.000000289. The summed E-state index contributed by atoms with van der Waals surface area (Å²) in [6.07, 6.45) is -2.28. The average molecular weight is 630 g/mol. The van der Waals surface area contributed by atoms with Gasteiger partial charge in [-0.2, -0.15) is 13.2 Å². The number of halogens is 6. The third kappa shape index (κ3) is 8.42. The first kappa shape index (κ1) is 23.6. The molecule has 0 amide bonds. The summed E-state index contributed by atoms with van der Waals surface area (Å²) < 4.78 is 40.7. The fourth-order valence-corrected chi connectivity index (χ4v) is 2.55. The highest BCUT2D eigenvalue weighted by Crippen LogP contribution is 2.22. The van der Waals surface area contributed by atoms with E-state index >= 15 is 0 Å². The van der Waals surface area contributed by atoms with Gasteiger partial charge in [-0.1, -0.05) is 11.6 Å². The predicted octanol–water partition coefficient (Wildman–Crippen LogP) is 4.36. The van der Waals surface area contributed by atoms with Crippen LogP contribution in [-0.4, -0.2) is 44.9 Å². The lowest BCUT2D eigenvalue weighted by Gasteiger charge is -2.09. The fourth-order valence-electron chi connectivity index (χ4n) is 1.34. The third-order valence-electron chi connectivity index (χ3n) is 2.47. The average Bonchev–Trinajstić information content (AvgIpc) is 2.55. The Morgan fingerprint density at radius 1 is 1.04 bits per heavy atom. The molecule has 2 aromatic heterocycles. The van der Waals surface area contributed by atoms with Crippen LogP contribution in [0.5, 0.6) is 5.88 Å². The minimum Gasteiger partial charge on any atom is -0.478 e. The largest absolute Gasteiger partial charge is 0.478 e. The molecule has 0 aliphatic heterocycles. The number of rotatable bonds is 4. The molecule has 0 unspecified atom stereocenters. The topological polar surface area (TPSA) is 110 Å². The summed E-state index contributed by atoms with van der Waals surface area (Å²) in [5, 5.41) is 17.4. The van der Waals surface area contributed by atoms with Crippen LogP contribution in [0.2, 0.25) is 5.15 Å². The highest BCUT2D eigenvalue weighted by atomic mass is 127. The maximum atomic E-state index is 11.8. The van der Waals surface area contributed by atoms with Crippen molar-refractivity contribution < 1.29 is 37.7 Å². The SMILES string of the molecule is O=C(O)c1cnc(Cl)c(I)c1.O=C(O)c1cnc(OCC(F)(F)F)c(I)c1. The molecule has 7 nitrogen and oxygen atoms in total. The number of hydrogen-bond acceptors (Lipinski definition) is 5. The molecule has 2 heterocycles. The van der Waals surface area contributed by atoms with Gasteiger partial charge in [0.05, 0.1) is 18.3 Å². The monoisotopic (exact) mass is 630 g/mol. The van der Waals surface area contributed by atoms with Gasteiger partial charge in [0.1, 0.15) is 5.15 Å². The van der Waals surface area contributed by atoms with Crippen LogP contribution >= 0.6 is 56.8 Å². The fraction of sp³-hybridized carbons (Fsp3) is 0.143. The molecular formula is C14H8ClF3I2N2O5. The van der Waals surface area contributed by atoms with Gasteiger partial charge in [-0.05, 0) is 57.3 Å². The molecule has 0 fully saturated rings. The van der Waals surface area contributed by atoms with Crippen LogP contribution in [0.3, 0.4) is 0 Å². The molecule has 13 heteroatoms. The second-order valence-electron chi connectivity index (χ2n) is 4.52. The predicted molar refractivity (Wildman–Crippen MR) is 104 cm³/mol. The van der Waals surface area contributed by atoms with Gasteiger partial charge in [-0.25, -0.2) is 19.6 Å². The Hall–Kier alpha value is -1.42. The molecule has 0 bridgehead atoms. The van der Waals surface area contributed by atoms with Crippen molar-refractivity contribution in [2.75, 3.05) is 6.61 Å². The minimum atomic E-state index is -4.45. The van der Waals surface area contributed by atoms with Gasteiger partial charge in [-0.3, -0.25) is 0 Å². The first-order chi connectivity index (χ1) is 12.4. The Morgan fingerprint density at radius 3 is 1.93 bits per heavy atom. The highest BCUT2D eigenvalue weighted by molar-refractivity contribution is 14.1. The van der Waals surface area contributed by atoms with Crippen molar-refractivity contribution in [3.05, 3.63) is 47.9 Å². The first-order valence-electron chi connectivity index (χ1n) is 6.53. The molecule has 2 aromatic rings. The maximum Gasteiger partial charge on any atom is 0.422 e. The van der Waals surface area contributed by atoms with Gasteiger partial charge in [0, 0.05) is 12.4 Å². The number of carboxylic acids is 2. The summed E-state index contributed by atoms with van der Waals surface area (Å²) in [5.41, 5.74) is 0.0440. The van der Waals surface area contributed by atoms with E-state index in [1.807, 2.05) is 22.6 Å². The Bertz CT molecular complexity index is 852. The zero-order valence-corrected chi connectivity index (χ0v) is 17.9. The molecule has 0 spiro atoms. The molecule has 2 N–H and O–H groups in total. The third-order valence-corrected chi connectivity index (χ3v) is 4.69. The molecule has 0 atom stereocenters. The van der Waals surface area contributed by atoms with Crippen molar-refractivity contribution >= 4 is 68.7 Å². The second kappa shape index (κ2) is 10.2. The van der Waals surface area contributed by atoms with Crippen LogP contribution in [0, 0.1) is 7.14 Å². The molecule has 0 radical (unpaired) electrons. The Kier molecular flexibility index (Phi) is 8.93. The molecule has 2 rings (SSSR count). The number of alkyl halides is 3. The first-order valence-corrected chi connectivity index (χ1v) is 9.07. The number of carbonyl (C=O) groups is 2. The molecular weight excluding hydrogens is 622 g/mol. The number of nitrogens with zero attached hydrogens (tertiary/aromatic N) is 2. The van der Waals surface area contributed by atoms with E-state index in [4.69, 9.17) is 21.8 Å². The smallest absolute Gasteiger partial charge is 0.422 e. The molecule has 27 heavy (non-hydrogen) atoms. The molecule has 0 aliphatic carbocycles. The molecule has 0 saturated carbocycles. The van der Waals surface area contributed by atoms with E-state index in [9.17, 15) is 22.8 Å². The maximum absolute atomic E-state index is 11.8. The van der Waals surface area contributed by atoms with E-state index in [0.29, 0.717) is 8.72 Å². The van der Waals surface area contributed by atoms with Crippen molar-refractivity contribution in [3.63, 3.8) is 0 Å². The van der Waals surface area contributed by atoms with Gasteiger partial charge in [0.2, 0.25) is 5.88 Å². The summed E-state index contributed by atoms with van der Waals surface area (Å²) in [6, 6.07) is 2.65. The van der Waals surface area contributed by atoms with Crippen molar-refractivity contribution in [2.24, 2.45) is 0 Å². The van der Waals surface area contributed by atoms with Crippen LogP contribution in [0.25, 0.3) is 0 Å². The van der Waals surface area contributed by atoms with Crippen molar-refractivity contribution in [1.29, 1.82) is 0 Å². The number of aromatic carboxylic acids is 2. The van der Waals surface area contributed by atoms with E-state index in [1.54, 1.807) is 22.6 Å². The van der Waals surface area contributed by atoms with E-state index < -0.39 is 24.7 Å². The zero-order valence-electron chi connectivity index (χ0n) is 12.8. The lowest BCUT2D eigenvalue weighted by Crippen LogP contribution is -2.20. The second-order valence-corrected chi connectivity index (χ2v) is 7.20. The number of aromatic nitrogens is 2. The van der Waals surface area contributed by atoms with Crippen LogP contribution < -0.4 is 4.74 Å². The lowest BCUT2D eigenvalue weighted by molar-refractivity contribution is -0.154. The number of ether oxygens (including phenoxy) is 1. The normalized spacial score (nSPS) is 10.6. The molecule has 0 aliphatic rings. The van der Waals surface area contributed by atoms with Crippen molar-refractivity contribution in [2.45, 2.75) is 6.18 Å². The molecule has 0 aromatic carbocycles. The zero-order chi connectivity index (χ0) is 20.8. The summed E-state index contributed by atoms with van der Waals surface area (Å²) >= 11 is 9.15. The summed E-state index contributed by atoms with van der Waals surface area (Å²) in [5.74, 6) is -2.43. The van der Waals surface area contributed by atoms with E-state index in [2.05, 4.69) is 14.7 Å². The summed E-state index contributed by atoms with van der Waals surface area (Å²) in [4.78, 5) is 28.1. The molecule has 0 saturated heterocycles. The summed E-state index contributed by atoms with van der Waals surface area (Å²) in [6.45, 7) is -1.46. The quantitative estimate of drug-likeness (QED) is 0.382.